The highest BCUT2D eigenvalue weighted by atomic mass is 19.1. The third-order valence-corrected chi connectivity index (χ3v) is 5.01. The van der Waals surface area contributed by atoms with Crippen LogP contribution >= 0.6 is 0 Å². The average Bonchev–Trinajstić information content (AvgIpc) is 3.07. The highest BCUT2D eigenvalue weighted by Gasteiger charge is 2.27. The van der Waals surface area contributed by atoms with Gasteiger partial charge in [0.1, 0.15) is 17.3 Å². The molecule has 1 aliphatic rings. The summed E-state index contributed by atoms with van der Waals surface area (Å²) >= 11 is 0. The van der Waals surface area contributed by atoms with E-state index in [0.717, 1.165) is 32.0 Å². The van der Waals surface area contributed by atoms with Crippen molar-refractivity contribution in [3.63, 3.8) is 0 Å². The van der Waals surface area contributed by atoms with Crippen molar-refractivity contribution in [2.45, 2.75) is 39.3 Å². The van der Waals surface area contributed by atoms with E-state index in [1.54, 1.807) is 11.9 Å². The van der Waals surface area contributed by atoms with Crippen molar-refractivity contribution in [3.05, 3.63) is 29.8 Å². The van der Waals surface area contributed by atoms with Gasteiger partial charge < -0.3 is 15.5 Å². The van der Waals surface area contributed by atoms with Gasteiger partial charge in [0.05, 0.1) is 0 Å². The lowest BCUT2D eigenvalue weighted by atomic mass is 10.2. The molecule has 2 rings (SSSR count). The average molecular weight is 367 g/mol. The van der Waals surface area contributed by atoms with Gasteiger partial charge in [0.2, 0.25) is 0 Å². The number of anilines is 1. The van der Waals surface area contributed by atoms with Gasteiger partial charge in [-0.1, -0.05) is 19.9 Å². The zero-order valence-electron chi connectivity index (χ0n) is 16.2. The summed E-state index contributed by atoms with van der Waals surface area (Å²) < 4.78 is 27.9. The van der Waals surface area contributed by atoms with Crippen molar-refractivity contribution < 1.29 is 8.78 Å². The number of benzene rings is 1. The van der Waals surface area contributed by atoms with Crippen LogP contribution in [-0.2, 0) is 0 Å². The molecule has 1 saturated heterocycles. The van der Waals surface area contributed by atoms with Crippen molar-refractivity contribution in [1.29, 1.82) is 0 Å². The monoisotopic (exact) mass is 367 g/mol. The molecule has 0 spiro atoms. The summed E-state index contributed by atoms with van der Waals surface area (Å²) in [6.07, 6.45) is 0.806. The number of aliphatic imine (C=N–C) groups is 1. The van der Waals surface area contributed by atoms with Crippen LogP contribution in [0.3, 0.4) is 0 Å². The van der Waals surface area contributed by atoms with Gasteiger partial charge >= 0.3 is 0 Å². The molecule has 5 nitrogen and oxygen atoms in total. The van der Waals surface area contributed by atoms with Gasteiger partial charge in [0.15, 0.2) is 5.96 Å². The third-order valence-electron chi connectivity index (χ3n) is 5.01. The molecule has 2 N–H and O–H groups in total. The van der Waals surface area contributed by atoms with Crippen LogP contribution in [0.5, 0.6) is 0 Å². The smallest absolute Gasteiger partial charge is 0.191 e. The maximum Gasteiger partial charge on any atom is 0.191 e. The van der Waals surface area contributed by atoms with E-state index < -0.39 is 11.6 Å². The van der Waals surface area contributed by atoms with Crippen LogP contribution in [0.25, 0.3) is 0 Å². The van der Waals surface area contributed by atoms with E-state index in [1.807, 2.05) is 0 Å². The lowest BCUT2D eigenvalue weighted by molar-refractivity contribution is 0.231. The highest BCUT2D eigenvalue weighted by Crippen LogP contribution is 2.26. The van der Waals surface area contributed by atoms with Crippen LogP contribution in [0.15, 0.2) is 23.2 Å². The summed E-state index contributed by atoms with van der Waals surface area (Å²) in [6, 6.07) is 4.49. The number of likely N-dealkylation sites (N-methyl/N-ethyl adjacent to an activating group) is 1. The van der Waals surface area contributed by atoms with Gasteiger partial charge in [-0.3, -0.25) is 9.89 Å². The van der Waals surface area contributed by atoms with Gasteiger partial charge in [-0.15, -0.1) is 0 Å². The molecule has 0 aromatic heterocycles. The molecule has 0 radical (unpaired) electrons. The van der Waals surface area contributed by atoms with E-state index in [0.29, 0.717) is 19.1 Å². The molecular formula is C19H31F2N5. The van der Waals surface area contributed by atoms with E-state index in [4.69, 9.17) is 0 Å². The largest absolute Gasteiger partial charge is 0.365 e. The Balaban J connectivity index is 1.88. The Hall–Kier alpha value is -1.89. The Morgan fingerprint density at radius 2 is 1.96 bits per heavy atom. The Labute approximate surface area is 155 Å². The van der Waals surface area contributed by atoms with Gasteiger partial charge in [-0.05, 0) is 38.6 Å². The standard InChI is InChI=1S/C19H31F2N5/c1-5-25(6-2)14(3)12-23-19(22-4)24-15-10-11-26(13-15)18-16(20)8-7-9-17(18)21/h7-9,14-15H,5-6,10-13H2,1-4H3,(H2,22,23,24). The minimum absolute atomic E-state index is 0.0647. The predicted molar refractivity (Wildman–Crippen MR) is 104 cm³/mol. The first-order valence-corrected chi connectivity index (χ1v) is 9.40. The van der Waals surface area contributed by atoms with Gasteiger partial charge in [0, 0.05) is 38.8 Å². The number of guanidine groups is 1. The Kier molecular flexibility index (Phi) is 7.63. The van der Waals surface area contributed by atoms with E-state index in [2.05, 4.69) is 41.3 Å². The summed E-state index contributed by atoms with van der Waals surface area (Å²) in [5, 5.41) is 6.72. The van der Waals surface area contributed by atoms with E-state index in [-0.39, 0.29) is 11.7 Å². The molecule has 146 valence electrons. The molecule has 26 heavy (non-hydrogen) atoms. The number of rotatable bonds is 7. The maximum absolute atomic E-state index is 14.0. The predicted octanol–water partition coefficient (Wildman–Crippen LogP) is 2.44. The number of nitrogens with zero attached hydrogens (tertiary/aromatic N) is 3. The number of para-hydroxylation sites is 1. The molecule has 1 aromatic carbocycles. The molecule has 1 aromatic rings. The van der Waals surface area contributed by atoms with Crippen LogP contribution in [0.1, 0.15) is 27.2 Å². The van der Waals surface area contributed by atoms with Gasteiger partial charge in [-0.2, -0.15) is 0 Å². The Morgan fingerprint density at radius 1 is 1.31 bits per heavy atom. The van der Waals surface area contributed by atoms with Crippen molar-refractivity contribution in [1.82, 2.24) is 15.5 Å². The zero-order chi connectivity index (χ0) is 19.1. The minimum Gasteiger partial charge on any atom is -0.365 e. The zero-order valence-corrected chi connectivity index (χ0v) is 16.2. The molecule has 1 heterocycles. The SMILES string of the molecule is CCN(CC)C(C)CNC(=NC)NC1CCN(c2c(F)cccc2F)C1. The summed E-state index contributed by atoms with van der Waals surface area (Å²) in [7, 11) is 1.74. The minimum atomic E-state index is -0.513. The Bertz CT molecular complexity index is 583. The summed E-state index contributed by atoms with van der Waals surface area (Å²) in [6.45, 7) is 10.5. The van der Waals surface area contributed by atoms with E-state index in [1.165, 1.54) is 18.2 Å². The third kappa shape index (κ3) is 5.06. The lowest BCUT2D eigenvalue weighted by Crippen LogP contribution is -2.49. The normalized spacial score (nSPS) is 19.1. The molecular weight excluding hydrogens is 336 g/mol. The topological polar surface area (TPSA) is 42.9 Å². The molecule has 2 unspecified atom stereocenters. The van der Waals surface area contributed by atoms with E-state index >= 15 is 0 Å². The first-order valence-electron chi connectivity index (χ1n) is 9.40. The first kappa shape index (κ1) is 20.4. The van der Waals surface area contributed by atoms with Crippen molar-refractivity contribution in [2.75, 3.05) is 44.7 Å². The number of halogens is 2. The van der Waals surface area contributed by atoms with Crippen molar-refractivity contribution in [3.8, 4) is 0 Å². The number of nitrogens with one attached hydrogen (secondary N) is 2. The molecule has 1 fully saturated rings. The number of hydrogen-bond acceptors (Lipinski definition) is 3. The van der Waals surface area contributed by atoms with Crippen LogP contribution in [0, 0.1) is 11.6 Å². The van der Waals surface area contributed by atoms with Crippen LogP contribution in [-0.4, -0.2) is 62.7 Å². The number of hydrogen-bond donors (Lipinski definition) is 2. The molecule has 0 bridgehead atoms. The molecule has 1 aliphatic heterocycles. The fourth-order valence-electron chi connectivity index (χ4n) is 3.48. The second kappa shape index (κ2) is 9.71. The van der Waals surface area contributed by atoms with Crippen LogP contribution < -0.4 is 15.5 Å². The fraction of sp³-hybridized carbons (Fsp3) is 0.632. The second-order valence-corrected chi connectivity index (χ2v) is 6.67. The van der Waals surface area contributed by atoms with Gasteiger partial charge in [-0.25, -0.2) is 8.78 Å². The summed E-state index contributed by atoms with van der Waals surface area (Å²) in [5.41, 5.74) is 0.0647. The van der Waals surface area contributed by atoms with Crippen LogP contribution in [0.4, 0.5) is 14.5 Å². The molecule has 0 amide bonds. The molecule has 7 heteroatoms. The second-order valence-electron chi connectivity index (χ2n) is 6.67. The lowest BCUT2D eigenvalue weighted by Gasteiger charge is -2.27. The van der Waals surface area contributed by atoms with Crippen LogP contribution in [0.2, 0.25) is 0 Å². The quantitative estimate of drug-likeness (QED) is 0.574. The Morgan fingerprint density at radius 3 is 2.54 bits per heavy atom. The highest BCUT2D eigenvalue weighted by molar-refractivity contribution is 5.80. The summed E-state index contributed by atoms with van der Waals surface area (Å²) in [5.74, 6) is -0.299. The molecule has 0 saturated carbocycles. The molecule has 2 atom stereocenters. The van der Waals surface area contributed by atoms with Gasteiger partial charge in [0.25, 0.3) is 0 Å². The fourth-order valence-corrected chi connectivity index (χ4v) is 3.48. The van der Waals surface area contributed by atoms with Crippen molar-refractivity contribution >= 4 is 11.6 Å². The van der Waals surface area contributed by atoms with Crippen molar-refractivity contribution in [2.24, 2.45) is 4.99 Å². The summed E-state index contributed by atoms with van der Waals surface area (Å²) in [4.78, 5) is 8.41. The maximum atomic E-state index is 14.0. The molecule has 0 aliphatic carbocycles. The van der Waals surface area contributed by atoms with E-state index in [9.17, 15) is 8.78 Å². The first-order chi connectivity index (χ1) is 12.5.